The van der Waals surface area contributed by atoms with E-state index in [-0.39, 0.29) is 24.8 Å². The minimum Gasteiger partial charge on any atom is -0.466 e. The van der Waals surface area contributed by atoms with Gasteiger partial charge in [0.1, 0.15) is 6.54 Å². The summed E-state index contributed by atoms with van der Waals surface area (Å²) in [7, 11) is 0. The minimum absolute atomic E-state index is 0.0412. The van der Waals surface area contributed by atoms with Gasteiger partial charge >= 0.3 is 5.97 Å². The van der Waals surface area contributed by atoms with E-state index in [0.717, 1.165) is 0 Å². The Kier molecular flexibility index (Phi) is 5.29. The summed E-state index contributed by atoms with van der Waals surface area (Å²) < 4.78 is 6.25. The zero-order chi connectivity index (χ0) is 15.2. The first-order valence-electron chi connectivity index (χ1n) is 6.14. The number of hydrogen-bond acceptors (Lipinski definition) is 6. The van der Waals surface area contributed by atoms with E-state index in [0.29, 0.717) is 22.5 Å². The van der Waals surface area contributed by atoms with Gasteiger partial charge in [-0.3, -0.25) is 14.3 Å². The number of nitrogens with one attached hydrogen (secondary N) is 1. The van der Waals surface area contributed by atoms with Crippen LogP contribution in [0.25, 0.3) is 0 Å². The van der Waals surface area contributed by atoms with Crippen molar-refractivity contribution in [1.82, 2.24) is 14.8 Å². The zero-order valence-electron chi connectivity index (χ0n) is 11.2. The molecule has 0 radical (unpaired) electrons. The second kappa shape index (κ2) is 7.19. The quantitative estimate of drug-likeness (QED) is 0.816. The summed E-state index contributed by atoms with van der Waals surface area (Å²) >= 11 is 6.96. The molecule has 0 fully saturated rings. The number of rotatable bonds is 6. The smallest absolute Gasteiger partial charge is 0.311 e. The van der Waals surface area contributed by atoms with Gasteiger partial charge in [0.2, 0.25) is 5.91 Å². The molecular formula is C12H13ClN4O3S. The third-order valence-electron chi connectivity index (χ3n) is 2.34. The lowest BCUT2D eigenvalue weighted by Crippen LogP contribution is -2.19. The van der Waals surface area contributed by atoms with Crippen LogP contribution in [0.4, 0.5) is 5.13 Å². The van der Waals surface area contributed by atoms with E-state index >= 15 is 0 Å². The van der Waals surface area contributed by atoms with Crippen LogP contribution in [0.5, 0.6) is 0 Å². The van der Waals surface area contributed by atoms with Crippen molar-refractivity contribution in [1.29, 1.82) is 0 Å². The van der Waals surface area contributed by atoms with E-state index in [1.165, 1.54) is 22.2 Å². The predicted octanol–water partition coefficient (Wildman–Crippen LogP) is 1.74. The maximum atomic E-state index is 11.8. The van der Waals surface area contributed by atoms with Gasteiger partial charge in [0.25, 0.3) is 0 Å². The number of amides is 1. The van der Waals surface area contributed by atoms with Crippen molar-refractivity contribution in [2.45, 2.75) is 19.9 Å². The van der Waals surface area contributed by atoms with Crippen molar-refractivity contribution in [3.63, 3.8) is 0 Å². The van der Waals surface area contributed by atoms with Crippen LogP contribution in [0.2, 0.25) is 5.02 Å². The SMILES string of the molecule is CCOC(=O)Cc1csc(NC(=O)Cn2cc(Cl)cn2)n1. The molecule has 0 spiro atoms. The Morgan fingerprint density at radius 1 is 1.52 bits per heavy atom. The van der Waals surface area contributed by atoms with Gasteiger partial charge in [0.15, 0.2) is 5.13 Å². The van der Waals surface area contributed by atoms with E-state index in [2.05, 4.69) is 15.4 Å². The van der Waals surface area contributed by atoms with Crippen LogP contribution in [0, 0.1) is 0 Å². The maximum absolute atomic E-state index is 11.8. The van der Waals surface area contributed by atoms with Crippen molar-refractivity contribution in [2.24, 2.45) is 0 Å². The highest BCUT2D eigenvalue weighted by atomic mass is 35.5. The normalized spacial score (nSPS) is 10.4. The number of thiazole rings is 1. The molecular weight excluding hydrogens is 316 g/mol. The molecule has 0 saturated carbocycles. The summed E-state index contributed by atoms with van der Waals surface area (Å²) in [6.45, 7) is 2.12. The third-order valence-corrected chi connectivity index (χ3v) is 3.34. The van der Waals surface area contributed by atoms with Crippen LogP contribution in [0.15, 0.2) is 17.8 Å². The number of aromatic nitrogens is 3. The molecule has 2 heterocycles. The monoisotopic (exact) mass is 328 g/mol. The number of ether oxygens (including phenoxy) is 1. The maximum Gasteiger partial charge on any atom is 0.311 e. The highest BCUT2D eigenvalue weighted by molar-refractivity contribution is 7.13. The van der Waals surface area contributed by atoms with Crippen LogP contribution in [0.1, 0.15) is 12.6 Å². The van der Waals surface area contributed by atoms with E-state index in [1.54, 1.807) is 18.5 Å². The van der Waals surface area contributed by atoms with Crippen LogP contribution >= 0.6 is 22.9 Å². The summed E-state index contributed by atoms with van der Waals surface area (Å²) in [5.74, 6) is -0.612. The van der Waals surface area contributed by atoms with Gasteiger partial charge in [-0.25, -0.2) is 4.98 Å². The molecule has 2 aromatic rings. The fourth-order valence-electron chi connectivity index (χ4n) is 1.54. The van der Waals surface area contributed by atoms with Gasteiger partial charge in [-0.15, -0.1) is 11.3 Å². The number of carbonyl (C=O) groups excluding carboxylic acids is 2. The van der Waals surface area contributed by atoms with Crippen molar-refractivity contribution in [3.05, 3.63) is 28.5 Å². The minimum atomic E-state index is -0.341. The Morgan fingerprint density at radius 2 is 2.33 bits per heavy atom. The second-order valence-electron chi connectivity index (χ2n) is 4.03. The number of carbonyl (C=O) groups is 2. The van der Waals surface area contributed by atoms with Gasteiger partial charge < -0.3 is 10.1 Å². The van der Waals surface area contributed by atoms with Crippen LogP contribution in [0.3, 0.4) is 0 Å². The molecule has 0 bridgehead atoms. The largest absolute Gasteiger partial charge is 0.466 e. The van der Waals surface area contributed by atoms with E-state index in [1.807, 2.05) is 0 Å². The van der Waals surface area contributed by atoms with Gasteiger partial charge in [-0.05, 0) is 6.92 Å². The first-order valence-corrected chi connectivity index (χ1v) is 7.40. The lowest BCUT2D eigenvalue weighted by Gasteiger charge is -2.01. The molecule has 0 saturated heterocycles. The fourth-order valence-corrected chi connectivity index (χ4v) is 2.42. The lowest BCUT2D eigenvalue weighted by molar-refractivity contribution is -0.142. The molecule has 0 aliphatic carbocycles. The Bertz CT molecular complexity index is 640. The molecule has 1 N–H and O–H groups in total. The van der Waals surface area contributed by atoms with Crippen LogP contribution in [-0.2, 0) is 27.3 Å². The number of halogens is 1. The summed E-state index contributed by atoms with van der Waals surface area (Å²) in [4.78, 5) is 27.3. The Balaban J connectivity index is 1.87. The summed E-state index contributed by atoms with van der Waals surface area (Å²) in [6, 6.07) is 0. The molecule has 0 aliphatic heterocycles. The predicted molar refractivity (Wildman–Crippen MR) is 78.3 cm³/mol. The molecule has 9 heteroatoms. The average Bonchev–Trinajstić information content (AvgIpc) is 2.99. The van der Waals surface area contributed by atoms with E-state index in [9.17, 15) is 9.59 Å². The standard InChI is InChI=1S/C12H13ClN4O3S/c1-2-20-11(19)3-9-7-21-12(15-9)16-10(18)6-17-5-8(13)4-14-17/h4-5,7H,2-3,6H2,1H3,(H,15,16,18). The fraction of sp³-hybridized carbons (Fsp3) is 0.333. The molecule has 0 atom stereocenters. The van der Waals surface area contributed by atoms with E-state index in [4.69, 9.17) is 16.3 Å². The first-order chi connectivity index (χ1) is 10.1. The molecule has 2 rings (SSSR count). The van der Waals surface area contributed by atoms with Crippen LogP contribution in [-0.4, -0.2) is 33.2 Å². The summed E-state index contributed by atoms with van der Waals surface area (Å²) in [5, 5.41) is 9.15. The average molecular weight is 329 g/mol. The number of anilines is 1. The Labute approximate surface area is 129 Å². The molecule has 7 nitrogen and oxygen atoms in total. The van der Waals surface area contributed by atoms with Gasteiger partial charge in [0.05, 0.1) is 29.9 Å². The molecule has 112 valence electrons. The number of nitrogens with zero attached hydrogens (tertiary/aromatic N) is 3. The molecule has 2 aromatic heterocycles. The van der Waals surface area contributed by atoms with Gasteiger partial charge in [-0.2, -0.15) is 5.10 Å². The highest BCUT2D eigenvalue weighted by Gasteiger charge is 2.11. The highest BCUT2D eigenvalue weighted by Crippen LogP contribution is 2.16. The van der Waals surface area contributed by atoms with Crippen molar-refractivity contribution in [3.8, 4) is 0 Å². The van der Waals surface area contributed by atoms with Crippen molar-refractivity contribution < 1.29 is 14.3 Å². The van der Waals surface area contributed by atoms with Crippen molar-refractivity contribution in [2.75, 3.05) is 11.9 Å². The van der Waals surface area contributed by atoms with Crippen LogP contribution < -0.4 is 5.32 Å². The molecule has 0 aliphatic rings. The summed E-state index contributed by atoms with van der Waals surface area (Å²) in [6.07, 6.45) is 3.10. The molecule has 21 heavy (non-hydrogen) atoms. The van der Waals surface area contributed by atoms with Gasteiger partial charge in [0, 0.05) is 11.6 Å². The Morgan fingerprint density at radius 3 is 3.00 bits per heavy atom. The zero-order valence-corrected chi connectivity index (χ0v) is 12.8. The third kappa shape index (κ3) is 4.83. The number of esters is 1. The molecule has 0 unspecified atom stereocenters. The number of hydrogen-bond donors (Lipinski definition) is 1. The summed E-state index contributed by atoms with van der Waals surface area (Å²) in [5.41, 5.74) is 0.566. The Hall–Kier alpha value is -1.93. The second-order valence-corrected chi connectivity index (χ2v) is 5.32. The topological polar surface area (TPSA) is 86.1 Å². The van der Waals surface area contributed by atoms with Crippen molar-refractivity contribution >= 4 is 39.9 Å². The van der Waals surface area contributed by atoms with Gasteiger partial charge in [-0.1, -0.05) is 11.6 Å². The van der Waals surface area contributed by atoms with E-state index < -0.39 is 0 Å². The lowest BCUT2D eigenvalue weighted by atomic mass is 10.3. The molecule has 1 amide bonds. The molecule has 0 aromatic carbocycles. The first kappa shape index (κ1) is 15.5.